The van der Waals surface area contributed by atoms with Crippen LogP contribution in [-0.4, -0.2) is 55.4 Å². The Morgan fingerprint density at radius 3 is 2.35 bits per heavy atom. The van der Waals surface area contributed by atoms with Crippen LogP contribution in [0.3, 0.4) is 0 Å². The molecule has 1 atom stereocenters. The zero-order valence-corrected chi connectivity index (χ0v) is 19.8. The SMILES string of the molecule is COc1cccc(C(=O)N[C@@H](C(=O)NCC(C)C)C2CCN(C(=O)c3ccc(F)cc3)CC2)c1. The Morgan fingerprint density at radius 2 is 1.74 bits per heavy atom. The summed E-state index contributed by atoms with van der Waals surface area (Å²) in [5, 5.41) is 5.84. The summed E-state index contributed by atoms with van der Waals surface area (Å²) in [5.41, 5.74) is 0.835. The molecule has 1 aliphatic heterocycles. The Labute approximate surface area is 199 Å². The topological polar surface area (TPSA) is 87.7 Å². The standard InChI is InChI=1S/C26H32FN3O4/c1-17(2)16-28-25(32)23(29-24(31)20-5-4-6-22(15-20)34-3)18-11-13-30(14-12-18)26(33)19-7-9-21(27)10-8-19/h4-10,15,17-18,23H,11-14,16H2,1-3H3,(H,28,32)(H,29,31)/t23-/m1/s1. The Hall–Kier alpha value is -3.42. The van der Waals surface area contributed by atoms with Gasteiger partial charge < -0.3 is 20.3 Å². The van der Waals surface area contributed by atoms with Crippen molar-refractivity contribution < 1.29 is 23.5 Å². The van der Waals surface area contributed by atoms with Crippen molar-refractivity contribution in [3.05, 3.63) is 65.5 Å². The first-order chi connectivity index (χ1) is 16.3. The third-order valence-corrected chi connectivity index (χ3v) is 5.97. The fraction of sp³-hybridized carbons (Fsp3) is 0.423. The van der Waals surface area contributed by atoms with Gasteiger partial charge in [0.1, 0.15) is 17.6 Å². The first-order valence-electron chi connectivity index (χ1n) is 11.6. The highest BCUT2D eigenvalue weighted by molar-refractivity contribution is 5.98. The van der Waals surface area contributed by atoms with Gasteiger partial charge in [0.2, 0.25) is 5.91 Å². The number of rotatable bonds is 8. The minimum absolute atomic E-state index is 0.126. The fourth-order valence-electron chi connectivity index (χ4n) is 4.01. The maximum atomic E-state index is 13.2. The maximum absolute atomic E-state index is 13.2. The van der Waals surface area contributed by atoms with Gasteiger partial charge in [-0.05, 0) is 67.1 Å². The van der Waals surface area contributed by atoms with Gasteiger partial charge in [0.05, 0.1) is 7.11 Å². The predicted molar refractivity (Wildman–Crippen MR) is 127 cm³/mol. The Morgan fingerprint density at radius 1 is 1.06 bits per heavy atom. The number of nitrogens with one attached hydrogen (secondary N) is 2. The van der Waals surface area contributed by atoms with Gasteiger partial charge in [0, 0.05) is 30.8 Å². The van der Waals surface area contributed by atoms with Crippen molar-refractivity contribution in [1.82, 2.24) is 15.5 Å². The first-order valence-corrected chi connectivity index (χ1v) is 11.6. The first kappa shape index (κ1) is 25.2. The molecule has 0 aromatic heterocycles. The van der Waals surface area contributed by atoms with E-state index in [9.17, 15) is 18.8 Å². The maximum Gasteiger partial charge on any atom is 0.253 e. The highest BCUT2D eigenvalue weighted by atomic mass is 19.1. The van der Waals surface area contributed by atoms with Crippen molar-refractivity contribution in [2.24, 2.45) is 11.8 Å². The molecule has 3 rings (SSSR count). The van der Waals surface area contributed by atoms with E-state index in [0.29, 0.717) is 49.4 Å². The molecule has 2 aromatic rings. The molecular formula is C26H32FN3O4. The predicted octanol–water partition coefficient (Wildman–Crippen LogP) is 3.26. The van der Waals surface area contributed by atoms with Crippen LogP contribution in [0.1, 0.15) is 47.4 Å². The summed E-state index contributed by atoms with van der Waals surface area (Å²) in [4.78, 5) is 40.5. The van der Waals surface area contributed by atoms with E-state index in [0.717, 1.165) is 0 Å². The average Bonchev–Trinajstić information content (AvgIpc) is 2.86. The lowest BCUT2D eigenvalue weighted by atomic mass is 9.88. The normalized spacial score (nSPS) is 15.0. The summed E-state index contributed by atoms with van der Waals surface area (Å²) in [6, 6.07) is 11.5. The molecule has 34 heavy (non-hydrogen) atoms. The number of likely N-dealkylation sites (tertiary alicyclic amines) is 1. The molecule has 3 amide bonds. The summed E-state index contributed by atoms with van der Waals surface area (Å²) < 4.78 is 18.4. The fourth-order valence-corrected chi connectivity index (χ4v) is 4.01. The molecule has 1 fully saturated rings. The summed E-state index contributed by atoms with van der Waals surface area (Å²) in [6.07, 6.45) is 1.12. The van der Waals surface area contributed by atoms with Crippen molar-refractivity contribution >= 4 is 17.7 Å². The number of nitrogens with zero attached hydrogens (tertiary/aromatic N) is 1. The van der Waals surface area contributed by atoms with Crippen molar-refractivity contribution in [2.75, 3.05) is 26.7 Å². The number of carbonyl (C=O) groups excluding carboxylic acids is 3. The zero-order valence-electron chi connectivity index (χ0n) is 19.8. The van der Waals surface area contributed by atoms with Crippen LogP contribution < -0.4 is 15.4 Å². The number of piperidine rings is 1. The Bertz CT molecular complexity index is 1000. The van der Waals surface area contributed by atoms with Crippen LogP contribution in [0.4, 0.5) is 4.39 Å². The summed E-state index contributed by atoms with van der Waals surface area (Å²) in [6.45, 7) is 5.41. The van der Waals surface area contributed by atoms with E-state index in [1.165, 1.54) is 31.4 Å². The lowest BCUT2D eigenvalue weighted by molar-refractivity contribution is -0.124. The molecule has 8 heteroatoms. The second-order valence-corrected chi connectivity index (χ2v) is 8.96. The van der Waals surface area contributed by atoms with Gasteiger partial charge in [0.25, 0.3) is 11.8 Å². The van der Waals surface area contributed by atoms with Gasteiger partial charge in [-0.1, -0.05) is 19.9 Å². The van der Waals surface area contributed by atoms with Crippen LogP contribution in [0.15, 0.2) is 48.5 Å². The number of benzene rings is 2. The van der Waals surface area contributed by atoms with Crippen molar-refractivity contribution in [1.29, 1.82) is 0 Å². The minimum atomic E-state index is -0.722. The number of carbonyl (C=O) groups is 3. The zero-order chi connectivity index (χ0) is 24.7. The third kappa shape index (κ3) is 6.56. The quantitative estimate of drug-likeness (QED) is 0.621. The van der Waals surface area contributed by atoms with Crippen LogP contribution in [0.25, 0.3) is 0 Å². The summed E-state index contributed by atoms with van der Waals surface area (Å²) in [7, 11) is 1.53. The molecule has 0 saturated carbocycles. The smallest absolute Gasteiger partial charge is 0.253 e. The molecule has 0 unspecified atom stereocenters. The lowest BCUT2D eigenvalue weighted by Crippen LogP contribution is -2.54. The monoisotopic (exact) mass is 469 g/mol. The van der Waals surface area contributed by atoms with Crippen LogP contribution >= 0.6 is 0 Å². The number of hydrogen-bond donors (Lipinski definition) is 2. The van der Waals surface area contributed by atoms with Crippen molar-refractivity contribution in [2.45, 2.75) is 32.7 Å². The molecule has 2 N–H and O–H groups in total. The van der Waals surface area contributed by atoms with Crippen molar-refractivity contribution in [3.8, 4) is 5.75 Å². The van der Waals surface area contributed by atoms with Crippen molar-refractivity contribution in [3.63, 3.8) is 0 Å². The van der Waals surface area contributed by atoms with E-state index in [1.807, 2.05) is 13.8 Å². The molecule has 2 aromatic carbocycles. The van der Waals surface area contributed by atoms with Gasteiger partial charge in [-0.25, -0.2) is 4.39 Å². The highest BCUT2D eigenvalue weighted by Crippen LogP contribution is 2.23. The lowest BCUT2D eigenvalue weighted by Gasteiger charge is -2.36. The highest BCUT2D eigenvalue weighted by Gasteiger charge is 2.34. The summed E-state index contributed by atoms with van der Waals surface area (Å²) >= 11 is 0. The third-order valence-electron chi connectivity index (χ3n) is 5.97. The van der Waals surface area contributed by atoms with Crippen LogP contribution in [-0.2, 0) is 4.79 Å². The van der Waals surface area contributed by atoms with Gasteiger partial charge in [-0.2, -0.15) is 0 Å². The molecular weight excluding hydrogens is 437 g/mol. The molecule has 0 aliphatic carbocycles. The molecule has 0 spiro atoms. The van der Waals surface area contributed by atoms with E-state index >= 15 is 0 Å². The number of methoxy groups -OCH3 is 1. The average molecular weight is 470 g/mol. The van der Waals surface area contributed by atoms with E-state index in [2.05, 4.69) is 10.6 Å². The number of ether oxygens (including phenoxy) is 1. The number of amides is 3. The molecule has 0 bridgehead atoms. The van der Waals surface area contributed by atoms with Crippen LogP contribution in [0.5, 0.6) is 5.75 Å². The number of halogens is 1. The molecule has 1 aliphatic rings. The largest absolute Gasteiger partial charge is 0.497 e. The molecule has 182 valence electrons. The second-order valence-electron chi connectivity index (χ2n) is 8.96. The molecule has 0 radical (unpaired) electrons. The van der Waals surface area contributed by atoms with E-state index in [-0.39, 0.29) is 29.6 Å². The molecule has 7 nitrogen and oxygen atoms in total. The van der Waals surface area contributed by atoms with Gasteiger partial charge >= 0.3 is 0 Å². The van der Waals surface area contributed by atoms with Gasteiger partial charge in [-0.15, -0.1) is 0 Å². The van der Waals surface area contributed by atoms with Gasteiger partial charge in [0.15, 0.2) is 0 Å². The number of hydrogen-bond acceptors (Lipinski definition) is 4. The van der Waals surface area contributed by atoms with Gasteiger partial charge in [-0.3, -0.25) is 14.4 Å². The van der Waals surface area contributed by atoms with Crippen LogP contribution in [0.2, 0.25) is 0 Å². The minimum Gasteiger partial charge on any atom is -0.497 e. The Kier molecular flexibility index (Phi) is 8.62. The molecule has 1 heterocycles. The second kappa shape index (κ2) is 11.6. The van der Waals surface area contributed by atoms with Crippen LogP contribution in [0, 0.1) is 17.7 Å². The molecule has 1 saturated heterocycles. The van der Waals surface area contributed by atoms with E-state index in [1.54, 1.807) is 29.2 Å². The Balaban J connectivity index is 1.69. The van der Waals surface area contributed by atoms with E-state index < -0.39 is 11.9 Å². The van der Waals surface area contributed by atoms with E-state index in [4.69, 9.17) is 4.74 Å². The summed E-state index contributed by atoms with van der Waals surface area (Å²) in [5.74, 6) is -0.437.